The fraction of sp³-hybridized carbons (Fsp3) is 0.379. The minimum absolute atomic E-state index is 0.202. The number of carbonyl (C=O) groups excluding carboxylic acids is 2. The molecule has 2 amide bonds. The molecule has 1 atom stereocenters. The Bertz CT molecular complexity index is 1240. The van der Waals surface area contributed by atoms with Crippen LogP contribution in [-0.2, 0) is 0 Å². The van der Waals surface area contributed by atoms with Crippen LogP contribution in [0.1, 0.15) is 44.7 Å². The number of hydrogen-bond acceptors (Lipinski definition) is 5. The first-order valence-corrected chi connectivity index (χ1v) is 12.9. The first kappa shape index (κ1) is 24.8. The molecule has 0 bridgehead atoms. The molecule has 0 spiro atoms. The Labute approximate surface area is 216 Å². The number of aliphatic hydroxyl groups is 1. The van der Waals surface area contributed by atoms with Crippen molar-refractivity contribution in [2.45, 2.75) is 32.8 Å². The molecule has 0 aromatic heterocycles. The maximum Gasteiger partial charge on any atom is 0.261 e. The second-order valence-electron chi connectivity index (χ2n) is 10.0. The highest BCUT2D eigenvalue weighted by molar-refractivity contribution is 6.32. The number of imide groups is 1. The molecular weight excluding hydrogens is 476 g/mol. The number of aryl methyl sites for hydroxylation is 2. The van der Waals surface area contributed by atoms with Crippen molar-refractivity contribution in [2.24, 2.45) is 5.92 Å². The van der Waals surface area contributed by atoms with Gasteiger partial charge in [-0.05, 0) is 86.5 Å². The van der Waals surface area contributed by atoms with Crippen LogP contribution >= 0.6 is 11.6 Å². The summed E-state index contributed by atoms with van der Waals surface area (Å²) < 4.78 is 5.81. The van der Waals surface area contributed by atoms with Gasteiger partial charge in [0.15, 0.2) is 0 Å². The van der Waals surface area contributed by atoms with Crippen LogP contribution in [-0.4, -0.2) is 65.6 Å². The molecule has 0 unspecified atom stereocenters. The minimum Gasteiger partial charge on any atom is -0.491 e. The van der Waals surface area contributed by atoms with E-state index in [1.54, 1.807) is 0 Å². The Balaban J connectivity index is 1.14. The molecule has 1 N–H and O–H groups in total. The number of β-amino-alcohol motifs (C(OH)–C–C–N with tert-alkyl or cyclic N) is 1. The van der Waals surface area contributed by atoms with Gasteiger partial charge in [0.25, 0.3) is 11.8 Å². The number of hydrogen-bond donors (Lipinski definition) is 1. The summed E-state index contributed by atoms with van der Waals surface area (Å²) >= 11 is 6.22. The van der Waals surface area contributed by atoms with Crippen molar-refractivity contribution >= 4 is 34.2 Å². The molecule has 7 heteroatoms. The lowest BCUT2D eigenvalue weighted by Gasteiger charge is -2.36. The van der Waals surface area contributed by atoms with Crippen LogP contribution in [0.3, 0.4) is 0 Å². The van der Waals surface area contributed by atoms with Crippen molar-refractivity contribution < 1.29 is 19.4 Å². The Hall–Kier alpha value is -2.93. The highest BCUT2D eigenvalue weighted by atomic mass is 35.5. The monoisotopic (exact) mass is 506 g/mol. The third-order valence-electron chi connectivity index (χ3n) is 7.33. The first-order chi connectivity index (χ1) is 17.3. The molecule has 5 rings (SSSR count). The summed E-state index contributed by atoms with van der Waals surface area (Å²) in [5.41, 5.74) is 3.12. The zero-order valence-electron chi connectivity index (χ0n) is 20.7. The molecule has 6 nitrogen and oxygen atoms in total. The molecule has 0 radical (unpaired) electrons. The van der Waals surface area contributed by atoms with Gasteiger partial charge < -0.3 is 14.7 Å². The smallest absolute Gasteiger partial charge is 0.261 e. The van der Waals surface area contributed by atoms with Crippen LogP contribution in [0.4, 0.5) is 0 Å². The predicted molar refractivity (Wildman–Crippen MR) is 141 cm³/mol. The fourth-order valence-corrected chi connectivity index (χ4v) is 5.50. The molecule has 3 aromatic carbocycles. The van der Waals surface area contributed by atoms with Crippen LogP contribution in [0.2, 0.25) is 5.02 Å². The Kier molecular flexibility index (Phi) is 7.02. The number of likely N-dealkylation sites (tertiary alicyclic amines) is 1. The van der Waals surface area contributed by atoms with E-state index in [2.05, 4.69) is 4.90 Å². The molecule has 3 aromatic rings. The molecule has 0 saturated carbocycles. The van der Waals surface area contributed by atoms with E-state index in [1.165, 1.54) is 4.90 Å². The van der Waals surface area contributed by atoms with E-state index in [-0.39, 0.29) is 24.3 Å². The number of rotatable bonds is 7. The maximum atomic E-state index is 13.2. The topological polar surface area (TPSA) is 70.1 Å². The molecular formula is C29H31ClN2O4. The number of nitrogens with zero attached hydrogens (tertiary/aromatic N) is 2. The quantitative estimate of drug-likeness (QED) is 0.463. The van der Waals surface area contributed by atoms with Gasteiger partial charge in [-0.15, -0.1) is 0 Å². The average molecular weight is 507 g/mol. The van der Waals surface area contributed by atoms with Crippen LogP contribution in [0.15, 0.2) is 48.5 Å². The van der Waals surface area contributed by atoms with Gasteiger partial charge in [-0.1, -0.05) is 35.9 Å². The molecule has 2 aliphatic rings. The summed E-state index contributed by atoms with van der Waals surface area (Å²) in [6, 6.07) is 15.0. The van der Waals surface area contributed by atoms with Crippen LogP contribution < -0.4 is 4.74 Å². The third kappa shape index (κ3) is 4.85. The number of aliphatic hydroxyl groups excluding tert-OH is 1. The van der Waals surface area contributed by atoms with E-state index in [0.717, 1.165) is 52.9 Å². The molecule has 0 aliphatic carbocycles. The summed E-state index contributed by atoms with van der Waals surface area (Å²) in [5, 5.41) is 12.9. The first-order valence-electron chi connectivity index (χ1n) is 12.5. The minimum atomic E-state index is -0.611. The van der Waals surface area contributed by atoms with Gasteiger partial charge in [-0.3, -0.25) is 14.5 Å². The average Bonchev–Trinajstić information content (AvgIpc) is 2.88. The van der Waals surface area contributed by atoms with Gasteiger partial charge in [0.1, 0.15) is 18.5 Å². The number of benzene rings is 3. The lowest BCUT2D eigenvalue weighted by Crippen LogP contribution is -2.46. The van der Waals surface area contributed by atoms with E-state index >= 15 is 0 Å². The summed E-state index contributed by atoms with van der Waals surface area (Å²) in [4.78, 5) is 30.0. The van der Waals surface area contributed by atoms with Crippen molar-refractivity contribution in [3.63, 3.8) is 0 Å². The molecule has 1 saturated heterocycles. The lowest BCUT2D eigenvalue weighted by atomic mass is 9.91. The van der Waals surface area contributed by atoms with E-state index in [0.29, 0.717) is 30.0 Å². The molecule has 36 heavy (non-hydrogen) atoms. The SMILES string of the molecule is Cc1cc(OC[C@@H](O)CN2CCC(CN3C(=O)c4cccc5cccc(c45)C3=O)CC2)cc(C)c1Cl. The van der Waals surface area contributed by atoms with Gasteiger partial charge >= 0.3 is 0 Å². The summed E-state index contributed by atoms with van der Waals surface area (Å²) in [6.07, 6.45) is 1.12. The van der Waals surface area contributed by atoms with Crippen molar-refractivity contribution in [3.8, 4) is 5.75 Å². The van der Waals surface area contributed by atoms with Gasteiger partial charge in [0.2, 0.25) is 0 Å². The number of carbonyl (C=O) groups is 2. The zero-order valence-corrected chi connectivity index (χ0v) is 21.4. The number of halogens is 1. The maximum absolute atomic E-state index is 13.2. The predicted octanol–water partition coefficient (Wildman–Crippen LogP) is 4.86. The van der Waals surface area contributed by atoms with E-state index in [4.69, 9.17) is 16.3 Å². The van der Waals surface area contributed by atoms with Crippen molar-refractivity contribution in [1.29, 1.82) is 0 Å². The highest BCUT2D eigenvalue weighted by Crippen LogP contribution is 2.31. The van der Waals surface area contributed by atoms with Crippen molar-refractivity contribution in [2.75, 3.05) is 32.8 Å². The molecule has 2 heterocycles. The van der Waals surface area contributed by atoms with Crippen LogP contribution in [0, 0.1) is 19.8 Å². The van der Waals surface area contributed by atoms with E-state index in [1.807, 2.05) is 62.4 Å². The summed E-state index contributed by atoms with van der Waals surface area (Å²) in [5.74, 6) is 0.547. The number of ether oxygens (including phenoxy) is 1. The van der Waals surface area contributed by atoms with Gasteiger partial charge in [-0.25, -0.2) is 0 Å². The molecule has 2 aliphatic heterocycles. The standard InChI is InChI=1S/C29H31ClN2O4/c1-18-13-23(14-19(2)27(18)30)36-17-22(33)16-31-11-9-20(10-12-31)15-32-28(34)24-7-3-5-21-6-4-8-25(26(21)24)29(32)35/h3-8,13-14,20,22,33H,9-12,15-17H2,1-2H3/t22-/m0/s1. The number of amides is 2. The zero-order chi connectivity index (χ0) is 25.4. The number of piperidine rings is 1. The van der Waals surface area contributed by atoms with Crippen molar-refractivity contribution in [3.05, 3.63) is 75.8 Å². The van der Waals surface area contributed by atoms with Gasteiger partial charge in [0, 0.05) is 34.6 Å². The Morgan fingerprint density at radius 3 is 2.17 bits per heavy atom. The van der Waals surface area contributed by atoms with E-state index in [9.17, 15) is 14.7 Å². The van der Waals surface area contributed by atoms with Crippen LogP contribution in [0.25, 0.3) is 10.8 Å². The Morgan fingerprint density at radius 1 is 1.00 bits per heavy atom. The second-order valence-corrected chi connectivity index (χ2v) is 10.4. The summed E-state index contributed by atoms with van der Waals surface area (Å²) in [6.45, 7) is 6.65. The third-order valence-corrected chi connectivity index (χ3v) is 7.92. The second kappa shape index (κ2) is 10.2. The van der Waals surface area contributed by atoms with E-state index < -0.39 is 6.10 Å². The molecule has 188 valence electrons. The van der Waals surface area contributed by atoms with Gasteiger partial charge in [-0.2, -0.15) is 0 Å². The van der Waals surface area contributed by atoms with Crippen molar-refractivity contribution in [1.82, 2.24) is 9.80 Å². The highest BCUT2D eigenvalue weighted by Gasteiger charge is 2.34. The molecule has 1 fully saturated rings. The Morgan fingerprint density at radius 2 is 1.58 bits per heavy atom. The van der Waals surface area contributed by atoms with Crippen LogP contribution in [0.5, 0.6) is 5.75 Å². The lowest BCUT2D eigenvalue weighted by molar-refractivity contribution is 0.0453. The normalized spacial score (nSPS) is 17.6. The largest absolute Gasteiger partial charge is 0.491 e. The van der Waals surface area contributed by atoms with Gasteiger partial charge in [0.05, 0.1) is 0 Å². The fourth-order valence-electron chi connectivity index (χ4n) is 5.39. The summed E-state index contributed by atoms with van der Waals surface area (Å²) in [7, 11) is 0.